The number of benzene rings is 1. The summed E-state index contributed by atoms with van der Waals surface area (Å²) in [5.74, 6) is 2.44. The highest BCUT2D eigenvalue weighted by Gasteiger charge is 2.29. The molecule has 3 rings (SSSR count). The Labute approximate surface area is 123 Å². The molecule has 102 valence electrons. The summed E-state index contributed by atoms with van der Waals surface area (Å²) in [4.78, 5) is 4.65. The number of hydrogen-bond donors (Lipinski definition) is 0. The lowest BCUT2D eigenvalue weighted by atomic mass is 10.1. The fraction of sp³-hybridized carbons (Fsp3) is 0.533. The molecule has 2 unspecified atom stereocenters. The lowest BCUT2D eigenvalue weighted by Crippen LogP contribution is -2.12. The van der Waals surface area contributed by atoms with Crippen molar-refractivity contribution in [1.82, 2.24) is 9.55 Å². The fourth-order valence-corrected chi connectivity index (χ4v) is 3.19. The molecule has 0 bridgehead atoms. The summed E-state index contributed by atoms with van der Waals surface area (Å²) in [5, 5.41) is 0.659. The number of alkyl halides is 1. The molecule has 0 N–H and O–H groups in total. The average Bonchev–Trinajstić information content (AvgIpc) is 3.13. The molecule has 1 aliphatic rings. The van der Waals surface area contributed by atoms with Gasteiger partial charge in [0.2, 0.25) is 0 Å². The molecule has 1 heterocycles. The number of fused-ring (bicyclic) bond motifs is 1. The van der Waals surface area contributed by atoms with Crippen LogP contribution in [0, 0.1) is 11.8 Å². The van der Waals surface area contributed by atoms with Crippen LogP contribution < -0.4 is 0 Å². The zero-order valence-corrected chi connectivity index (χ0v) is 12.7. The minimum Gasteiger partial charge on any atom is -0.325 e. The van der Waals surface area contributed by atoms with Crippen molar-refractivity contribution in [2.24, 2.45) is 11.8 Å². The Morgan fingerprint density at radius 2 is 2.11 bits per heavy atom. The highest BCUT2D eigenvalue weighted by Crippen LogP contribution is 2.39. The van der Waals surface area contributed by atoms with E-state index in [1.54, 1.807) is 0 Å². The molecule has 1 aliphatic carbocycles. The molecule has 0 radical (unpaired) electrons. The van der Waals surface area contributed by atoms with Crippen LogP contribution in [-0.4, -0.2) is 9.55 Å². The van der Waals surface area contributed by atoms with Gasteiger partial charge >= 0.3 is 0 Å². The zero-order chi connectivity index (χ0) is 13.6. The number of rotatable bonds is 4. The highest BCUT2D eigenvalue weighted by molar-refractivity contribution is 6.35. The fourth-order valence-electron chi connectivity index (χ4n) is 2.75. The van der Waals surface area contributed by atoms with Gasteiger partial charge in [0.25, 0.3) is 0 Å². The molecule has 4 heteroatoms. The molecule has 0 saturated heterocycles. The zero-order valence-electron chi connectivity index (χ0n) is 11.2. The van der Waals surface area contributed by atoms with E-state index in [4.69, 9.17) is 23.2 Å². The van der Waals surface area contributed by atoms with Gasteiger partial charge in [0.15, 0.2) is 0 Å². The Morgan fingerprint density at radius 1 is 1.37 bits per heavy atom. The summed E-state index contributed by atoms with van der Waals surface area (Å²) in [5.41, 5.74) is 1.97. The number of imidazole rings is 1. The number of halogens is 2. The van der Waals surface area contributed by atoms with E-state index in [0.29, 0.717) is 5.92 Å². The van der Waals surface area contributed by atoms with Crippen LogP contribution in [0.3, 0.4) is 0 Å². The first-order valence-electron chi connectivity index (χ1n) is 6.86. The lowest BCUT2D eigenvalue weighted by molar-refractivity contribution is 0.428. The molecule has 0 spiro atoms. The molecule has 1 saturated carbocycles. The van der Waals surface area contributed by atoms with Gasteiger partial charge < -0.3 is 4.57 Å². The summed E-state index contributed by atoms with van der Waals surface area (Å²) in [7, 11) is 0. The first-order valence-corrected chi connectivity index (χ1v) is 7.68. The number of nitrogens with zero attached hydrogens (tertiary/aromatic N) is 2. The van der Waals surface area contributed by atoms with Crippen molar-refractivity contribution in [3.63, 3.8) is 0 Å². The van der Waals surface area contributed by atoms with Crippen molar-refractivity contribution in [2.45, 2.75) is 38.6 Å². The number of para-hydroxylation sites is 1. The van der Waals surface area contributed by atoms with Crippen LogP contribution in [-0.2, 0) is 6.54 Å². The predicted molar refractivity (Wildman–Crippen MR) is 80.9 cm³/mol. The Morgan fingerprint density at radius 3 is 2.74 bits per heavy atom. The van der Waals surface area contributed by atoms with E-state index in [-0.39, 0.29) is 5.38 Å². The topological polar surface area (TPSA) is 17.8 Å². The van der Waals surface area contributed by atoms with E-state index in [0.717, 1.165) is 34.3 Å². The maximum atomic E-state index is 6.35. The Hall–Kier alpha value is -0.730. The van der Waals surface area contributed by atoms with Crippen molar-refractivity contribution in [2.75, 3.05) is 0 Å². The lowest BCUT2D eigenvalue weighted by Gasteiger charge is -2.16. The summed E-state index contributed by atoms with van der Waals surface area (Å²) in [6, 6.07) is 5.86. The Kier molecular flexibility index (Phi) is 3.48. The van der Waals surface area contributed by atoms with Gasteiger partial charge in [0.1, 0.15) is 5.82 Å². The molecule has 2 aromatic rings. The summed E-state index contributed by atoms with van der Waals surface area (Å²) in [6.07, 6.45) is 2.71. The second kappa shape index (κ2) is 4.99. The van der Waals surface area contributed by atoms with Gasteiger partial charge in [-0.1, -0.05) is 24.6 Å². The third-order valence-corrected chi connectivity index (χ3v) is 4.50. The molecule has 0 aliphatic heterocycles. The quantitative estimate of drug-likeness (QED) is 0.723. The predicted octanol–water partition coefficient (Wildman–Crippen LogP) is 5.04. The summed E-state index contributed by atoms with van der Waals surface area (Å²) < 4.78 is 2.22. The summed E-state index contributed by atoms with van der Waals surface area (Å²) in [6.45, 7) is 5.23. The van der Waals surface area contributed by atoms with Crippen molar-refractivity contribution < 1.29 is 0 Å². The second-order valence-electron chi connectivity index (χ2n) is 5.62. The summed E-state index contributed by atoms with van der Waals surface area (Å²) >= 11 is 12.6. The maximum absolute atomic E-state index is 6.35. The first kappa shape index (κ1) is 13.3. The van der Waals surface area contributed by atoms with Crippen LogP contribution in [0.15, 0.2) is 18.2 Å². The van der Waals surface area contributed by atoms with Crippen molar-refractivity contribution in [3.05, 3.63) is 29.0 Å². The van der Waals surface area contributed by atoms with E-state index in [1.807, 2.05) is 25.1 Å². The van der Waals surface area contributed by atoms with Crippen LogP contribution in [0.5, 0.6) is 0 Å². The standard InChI is InChI=1S/C15H18Cl2N2/c1-9(11-6-7-11)8-19-14-12(17)4-3-5-13(14)18-15(19)10(2)16/h3-5,9-11H,6-8H2,1-2H3. The third-order valence-electron chi connectivity index (χ3n) is 4.00. The van der Waals surface area contributed by atoms with E-state index >= 15 is 0 Å². The van der Waals surface area contributed by atoms with Crippen LogP contribution in [0.1, 0.15) is 37.9 Å². The molecule has 19 heavy (non-hydrogen) atoms. The van der Waals surface area contributed by atoms with E-state index < -0.39 is 0 Å². The van der Waals surface area contributed by atoms with Gasteiger partial charge in [-0.3, -0.25) is 0 Å². The van der Waals surface area contributed by atoms with Crippen molar-refractivity contribution in [1.29, 1.82) is 0 Å². The third kappa shape index (κ3) is 2.48. The number of aromatic nitrogens is 2. The molecular weight excluding hydrogens is 279 g/mol. The van der Waals surface area contributed by atoms with E-state index in [2.05, 4.69) is 16.5 Å². The van der Waals surface area contributed by atoms with Crippen LogP contribution in [0.2, 0.25) is 5.02 Å². The van der Waals surface area contributed by atoms with Gasteiger partial charge in [0, 0.05) is 6.54 Å². The molecule has 2 nitrogen and oxygen atoms in total. The number of hydrogen-bond acceptors (Lipinski definition) is 1. The van der Waals surface area contributed by atoms with Gasteiger partial charge in [-0.2, -0.15) is 0 Å². The minimum absolute atomic E-state index is 0.102. The maximum Gasteiger partial charge on any atom is 0.127 e. The van der Waals surface area contributed by atoms with E-state index in [1.165, 1.54) is 12.8 Å². The first-order chi connectivity index (χ1) is 9.08. The van der Waals surface area contributed by atoms with Gasteiger partial charge in [-0.25, -0.2) is 4.98 Å². The molecule has 2 atom stereocenters. The van der Waals surface area contributed by atoms with E-state index in [9.17, 15) is 0 Å². The monoisotopic (exact) mass is 296 g/mol. The molecular formula is C15H18Cl2N2. The minimum atomic E-state index is -0.102. The van der Waals surface area contributed by atoms with Gasteiger partial charge in [-0.15, -0.1) is 11.6 Å². The molecule has 1 aromatic carbocycles. The largest absolute Gasteiger partial charge is 0.325 e. The normalized spacial score (nSPS) is 18.7. The highest BCUT2D eigenvalue weighted by atomic mass is 35.5. The Bertz CT molecular complexity index is 599. The van der Waals surface area contributed by atoms with Crippen molar-refractivity contribution in [3.8, 4) is 0 Å². The van der Waals surface area contributed by atoms with Crippen molar-refractivity contribution >= 4 is 34.2 Å². The second-order valence-corrected chi connectivity index (χ2v) is 6.68. The smallest absolute Gasteiger partial charge is 0.127 e. The molecule has 1 fully saturated rings. The van der Waals surface area contributed by atoms with Crippen LogP contribution in [0.25, 0.3) is 11.0 Å². The Balaban J connectivity index is 2.09. The average molecular weight is 297 g/mol. The van der Waals surface area contributed by atoms with Crippen LogP contribution >= 0.6 is 23.2 Å². The SMILES string of the molecule is CC(Cl)c1nc2cccc(Cl)c2n1CC(C)C1CC1. The van der Waals surface area contributed by atoms with Crippen LogP contribution in [0.4, 0.5) is 0 Å². The molecule has 1 aromatic heterocycles. The van der Waals surface area contributed by atoms with Gasteiger partial charge in [0.05, 0.1) is 21.4 Å². The molecule has 0 amide bonds. The van der Waals surface area contributed by atoms with Gasteiger partial charge in [-0.05, 0) is 43.7 Å².